The van der Waals surface area contributed by atoms with Gasteiger partial charge in [0.15, 0.2) is 0 Å². The minimum Gasteiger partial charge on any atom is -0.269 e. The number of aryl methyl sites for hydroxylation is 2. The van der Waals surface area contributed by atoms with Crippen LogP contribution in [0.2, 0.25) is 5.02 Å². The van der Waals surface area contributed by atoms with E-state index in [9.17, 15) is 0 Å². The Morgan fingerprint density at radius 2 is 2.18 bits per heavy atom. The van der Waals surface area contributed by atoms with Crippen molar-refractivity contribution >= 4 is 23.2 Å². The first kappa shape index (κ1) is 12.4. The van der Waals surface area contributed by atoms with Gasteiger partial charge in [0, 0.05) is 7.05 Å². The van der Waals surface area contributed by atoms with Crippen LogP contribution in [0.5, 0.6) is 0 Å². The average Bonchev–Trinajstić information content (AvgIpc) is 2.80. The van der Waals surface area contributed by atoms with E-state index in [0.717, 1.165) is 17.1 Å². The van der Waals surface area contributed by atoms with Crippen LogP contribution in [0.15, 0.2) is 6.20 Å². The maximum absolute atomic E-state index is 6.16. The molecule has 2 heterocycles. The fraction of sp³-hybridized carbons (Fsp3) is 0.500. The van der Waals surface area contributed by atoms with E-state index in [1.165, 1.54) is 0 Å². The Labute approximate surface area is 109 Å². The molecule has 0 radical (unpaired) electrons. The average molecular weight is 274 g/mol. The Kier molecular flexibility index (Phi) is 3.40. The van der Waals surface area contributed by atoms with E-state index >= 15 is 0 Å². The molecule has 7 heteroatoms. The fourth-order valence-electron chi connectivity index (χ4n) is 1.58. The van der Waals surface area contributed by atoms with E-state index in [4.69, 9.17) is 23.2 Å². The van der Waals surface area contributed by atoms with E-state index in [-0.39, 0.29) is 5.38 Å². The van der Waals surface area contributed by atoms with Crippen LogP contribution in [0.3, 0.4) is 0 Å². The van der Waals surface area contributed by atoms with Gasteiger partial charge in [0.1, 0.15) is 5.69 Å². The molecule has 1 unspecified atom stereocenters. The maximum atomic E-state index is 6.16. The van der Waals surface area contributed by atoms with Crippen LogP contribution >= 0.6 is 23.2 Å². The summed E-state index contributed by atoms with van der Waals surface area (Å²) in [5.74, 6) is 0. The minimum absolute atomic E-state index is 0.146. The summed E-state index contributed by atoms with van der Waals surface area (Å²) in [5.41, 5.74) is 2.47. The molecule has 92 valence electrons. The number of nitrogens with zero attached hydrogens (tertiary/aromatic N) is 5. The molecule has 0 fully saturated rings. The number of alkyl halides is 1. The van der Waals surface area contributed by atoms with Gasteiger partial charge in [0.05, 0.1) is 34.5 Å². The summed E-state index contributed by atoms with van der Waals surface area (Å²) in [6.07, 6.45) is 1.82. The highest BCUT2D eigenvalue weighted by atomic mass is 35.5. The van der Waals surface area contributed by atoms with Gasteiger partial charge in [-0.1, -0.05) is 16.8 Å². The third kappa shape index (κ3) is 2.45. The zero-order valence-electron chi connectivity index (χ0n) is 9.85. The van der Waals surface area contributed by atoms with E-state index in [1.54, 1.807) is 9.36 Å². The predicted octanol–water partition coefficient (Wildman–Crippen LogP) is 2.32. The normalized spacial score (nSPS) is 13.0. The van der Waals surface area contributed by atoms with Crippen LogP contribution in [-0.2, 0) is 13.6 Å². The SMILES string of the molecule is Cc1nn(C)c(Cn2cc(C(C)Cl)nn2)c1Cl. The van der Waals surface area contributed by atoms with Gasteiger partial charge in [-0.05, 0) is 13.8 Å². The Balaban J connectivity index is 2.25. The molecular formula is C10H13Cl2N5. The first-order valence-electron chi connectivity index (χ1n) is 5.21. The number of halogens is 2. The molecule has 0 saturated carbocycles. The zero-order valence-corrected chi connectivity index (χ0v) is 11.4. The highest BCUT2D eigenvalue weighted by Crippen LogP contribution is 2.21. The van der Waals surface area contributed by atoms with Gasteiger partial charge >= 0.3 is 0 Å². The Bertz CT molecular complexity index is 529. The molecule has 2 aromatic rings. The zero-order chi connectivity index (χ0) is 12.6. The van der Waals surface area contributed by atoms with Gasteiger partial charge in [-0.15, -0.1) is 16.7 Å². The Hall–Kier alpha value is -1.07. The predicted molar refractivity (Wildman–Crippen MR) is 66.3 cm³/mol. The molecule has 0 aliphatic carbocycles. The fourth-order valence-corrected chi connectivity index (χ4v) is 1.90. The van der Waals surface area contributed by atoms with Gasteiger partial charge in [0.2, 0.25) is 0 Å². The van der Waals surface area contributed by atoms with E-state index in [2.05, 4.69) is 15.4 Å². The van der Waals surface area contributed by atoms with Crippen LogP contribution in [-0.4, -0.2) is 24.8 Å². The third-order valence-electron chi connectivity index (χ3n) is 2.54. The molecular weight excluding hydrogens is 261 g/mol. The molecule has 2 rings (SSSR count). The lowest BCUT2D eigenvalue weighted by Crippen LogP contribution is -2.06. The molecule has 0 spiro atoms. The van der Waals surface area contributed by atoms with Crippen molar-refractivity contribution in [1.82, 2.24) is 24.8 Å². The van der Waals surface area contributed by atoms with Gasteiger partial charge in [-0.25, -0.2) is 4.68 Å². The second-order valence-corrected chi connectivity index (χ2v) is 4.96. The summed E-state index contributed by atoms with van der Waals surface area (Å²) in [6, 6.07) is 0. The molecule has 0 N–H and O–H groups in total. The summed E-state index contributed by atoms with van der Waals surface area (Å²) in [4.78, 5) is 0. The number of rotatable bonds is 3. The summed E-state index contributed by atoms with van der Waals surface area (Å²) >= 11 is 12.1. The van der Waals surface area contributed by atoms with Gasteiger partial charge in [-0.3, -0.25) is 4.68 Å². The molecule has 0 aliphatic heterocycles. The molecule has 0 aromatic carbocycles. The van der Waals surface area contributed by atoms with Crippen molar-refractivity contribution in [3.05, 3.63) is 28.3 Å². The monoisotopic (exact) mass is 273 g/mol. The van der Waals surface area contributed by atoms with Crippen molar-refractivity contribution < 1.29 is 0 Å². The summed E-state index contributed by atoms with van der Waals surface area (Å²) in [5, 5.41) is 12.8. The summed E-state index contributed by atoms with van der Waals surface area (Å²) in [7, 11) is 1.86. The smallest absolute Gasteiger partial charge is 0.100 e. The molecule has 5 nitrogen and oxygen atoms in total. The minimum atomic E-state index is -0.146. The van der Waals surface area contributed by atoms with Crippen LogP contribution < -0.4 is 0 Å². The highest BCUT2D eigenvalue weighted by Gasteiger charge is 2.13. The van der Waals surface area contributed by atoms with Crippen LogP contribution in [0.25, 0.3) is 0 Å². The van der Waals surface area contributed by atoms with Crippen molar-refractivity contribution in [2.45, 2.75) is 25.8 Å². The maximum Gasteiger partial charge on any atom is 0.100 e. The summed E-state index contributed by atoms with van der Waals surface area (Å²) < 4.78 is 3.46. The Morgan fingerprint density at radius 3 is 2.65 bits per heavy atom. The molecule has 1 atom stereocenters. The van der Waals surface area contributed by atoms with Gasteiger partial charge < -0.3 is 0 Å². The van der Waals surface area contributed by atoms with Crippen molar-refractivity contribution in [2.24, 2.45) is 7.05 Å². The largest absolute Gasteiger partial charge is 0.269 e. The van der Waals surface area contributed by atoms with Crippen molar-refractivity contribution in [3.63, 3.8) is 0 Å². The quantitative estimate of drug-likeness (QED) is 0.807. The lowest BCUT2D eigenvalue weighted by Gasteiger charge is -2.02. The van der Waals surface area contributed by atoms with E-state index in [1.807, 2.05) is 27.1 Å². The van der Waals surface area contributed by atoms with E-state index in [0.29, 0.717) is 11.6 Å². The number of hydrogen-bond donors (Lipinski definition) is 0. The van der Waals surface area contributed by atoms with E-state index < -0.39 is 0 Å². The molecule has 17 heavy (non-hydrogen) atoms. The third-order valence-corrected chi connectivity index (χ3v) is 3.25. The highest BCUT2D eigenvalue weighted by molar-refractivity contribution is 6.31. The molecule has 0 saturated heterocycles. The molecule has 0 amide bonds. The first-order valence-corrected chi connectivity index (χ1v) is 6.02. The van der Waals surface area contributed by atoms with Gasteiger partial charge in [-0.2, -0.15) is 5.10 Å². The second kappa shape index (κ2) is 4.66. The molecule has 0 bridgehead atoms. The molecule has 0 aliphatic rings. The summed E-state index contributed by atoms with van der Waals surface area (Å²) in [6.45, 7) is 4.27. The standard InChI is InChI=1S/C10H13Cl2N5/c1-6(11)8-4-17(15-13-8)5-9-10(12)7(2)14-16(9)3/h4,6H,5H2,1-3H3. The lowest BCUT2D eigenvalue weighted by atomic mass is 10.3. The van der Waals surface area contributed by atoms with Crippen LogP contribution in [0.4, 0.5) is 0 Å². The Morgan fingerprint density at radius 1 is 1.47 bits per heavy atom. The van der Waals surface area contributed by atoms with Crippen molar-refractivity contribution in [3.8, 4) is 0 Å². The molecule has 2 aromatic heterocycles. The topological polar surface area (TPSA) is 48.5 Å². The number of hydrogen-bond acceptors (Lipinski definition) is 3. The van der Waals surface area contributed by atoms with Crippen LogP contribution in [0.1, 0.15) is 29.4 Å². The number of aromatic nitrogens is 5. The first-order chi connectivity index (χ1) is 7.99. The van der Waals surface area contributed by atoms with Crippen molar-refractivity contribution in [2.75, 3.05) is 0 Å². The van der Waals surface area contributed by atoms with Crippen LogP contribution in [0, 0.1) is 6.92 Å². The van der Waals surface area contributed by atoms with Gasteiger partial charge in [0.25, 0.3) is 0 Å². The lowest BCUT2D eigenvalue weighted by molar-refractivity contribution is 0.599. The van der Waals surface area contributed by atoms with Crippen molar-refractivity contribution in [1.29, 1.82) is 0 Å². The second-order valence-electron chi connectivity index (χ2n) is 3.93.